The summed E-state index contributed by atoms with van der Waals surface area (Å²) in [6.45, 7) is 1.33. The van der Waals surface area contributed by atoms with Crippen LogP contribution in [0.15, 0.2) is 18.2 Å². The molecular formula is C12H14ClN3O2. The molecule has 96 valence electrons. The van der Waals surface area contributed by atoms with Crippen LogP contribution < -0.4 is 11.1 Å². The summed E-state index contributed by atoms with van der Waals surface area (Å²) in [5, 5.41) is 2.87. The molecule has 0 radical (unpaired) electrons. The summed E-state index contributed by atoms with van der Waals surface area (Å²) in [7, 11) is 0. The van der Waals surface area contributed by atoms with Gasteiger partial charge < -0.3 is 5.73 Å². The predicted octanol–water partition coefficient (Wildman–Crippen LogP) is 0.257. The number of nitrogens with two attached hydrogens (primary N) is 1. The zero-order chi connectivity index (χ0) is 13.1. The summed E-state index contributed by atoms with van der Waals surface area (Å²) in [5.74, 6) is -0.554. The third-order valence-electron chi connectivity index (χ3n) is 2.76. The zero-order valence-corrected chi connectivity index (χ0v) is 10.5. The fourth-order valence-electron chi connectivity index (χ4n) is 1.90. The Balaban J connectivity index is 2.09. The van der Waals surface area contributed by atoms with Crippen molar-refractivity contribution in [3.63, 3.8) is 0 Å². The summed E-state index contributed by atoms with van der Waals surface area (Å²) in [5.41, 5.74) is 7.36. The van der Waals surface area contributed by atoms with Crippen LogP contribution in [0.4, 0.5) is 0 Å². The van der Waals surface area contributed by atoms with E-state index >= 15 is 0 Å². The molecule has 2 rings (SSSR count). The lowest BCUT2D eigenvalue weighted by atomic mass is 10.1. The Morgan fingerprint density at radius 3 is 2.50 bits per heavy atom. The van der Waals surface area contributed by atoms with Crippen LogP contribution in [0, 0.1) is 0 Å². The van der Waals surface area contributed by atoms with Crippen LogP contribution in [0.1, 0.15) is 11.1 Å². The monoisotopic (exact) mass is 267 g/mol. The molecule has 5 nitrogen and oxygen atoms in total. The van der Waals surface area contributed by atoms with Gasteiger partial charge in [-0.2, -0.15) is 0 Å². The van der Waals surface area contributed by atoms with Crippen LogP contribution >= 0.6 is 11.6 Å². The summed E-state index contributed by atoms with van der Waals surface area (Å²) < 4.78 is 0. The van der Waals surface area contributed by atoms with Crippen molar-refractivity contribution >= 4 is 23.4 Å². The Kier molecular flexibility index (Phi) is 3.96. The topological polar surface area (TPSA) is 75.4 Å². The molecule has 1 aromatic rings. The van der Waals surface area contributed by atoms with Crippen molar-refractivity contribution in [2.45, 2.75) is 13.1 Å². The van der Waals surface area contributed by atoms with Crippen molar-refractivity contribution in [2.75, 3.05) is 13.1 Å². The molecule has 1 fully saturated rings. The van der Waals surface area contributed by atoms with Gasteiger partial charge in [-0.05, 0) is 17.2 Å². The summed E-state index contributed by atoms with van der Waals surface area (Å²) in [6, 6.07) is 5.58. The number of piperazine rings is 1. The fraction of sp³-hybridized carbons (Fsp3) is 0.333. The number of benzene rings is 1. The van der Waals surface area contributed by atoms with E-state index in [9.17, 15) is 9.59 Å². The Morgan fingerprint density at radius 2 is 1.94 bits per heavy atom. The second kappa shape index (κ2) is 5.48. The van der Waals surface area contributed by atoms with Gasteiger partial charge >= 0.3 is 0 Å². The molecule has 6 heteroatoms. The highest BCUT2D eigenvalue weighted by Crippen LogP contribution is 2.19. The van der Waals surface area contributed by atoms with Crippen LogP contribution in [0.2, 0.25) is 5.02 Å². The van der Waals surface area contributed by atoms with Gasteiger partial charge in [0.25, 0.3) is 0 Å². The molecule has 0 aromatic heterocycles. The van der Waals surface area contributed by atoms with Crippen LogP contribution in [0.5, 0.6) is 0 Å². The molecule has 0 unspecified atom stereocenters. The zero-order valence-electron chi connectivity index (χ0n) is 9.78. The molecular weight excluding hydrogens is 254 g/mol. The maximum atomic E-state index is 11.2. The molecule has 0 atom stereocenters. The third-order valence-corrected chi connectivity index (χ3v) is 3.11. The Hall–Kier alpha value is -1.43. The molecule has 1 aliphatic heterocycles. The van der Waals surface area contributed by atoms with Gasteiger partial charge in [0.15, 0.2) is 0 Å². The van der Waals surface area contributed by atoms with Crippen molar-refractivity contribution < 1.29 is 9.59 Å². The van der Waals surface area contributed by atoms with E-state index in [0.29, 0.717) is 18.1 Å². The first kappa shape index (κ1) is 13.0. The largest absolute Gasteiger partial charge is 0.326 e. The third kappa shape index (κ3) is 3.07. The van der Waals surface area contributed by atoms with E-state index in [1.165, 1.54) is 0 Å². The molecule has 0 saturated carbocycles. The first-order valence-electron chi connectivity index (χ1n) is 5.61. The molecule has 1 heterocycles. The van der Waals surface area contributed by atoms with Crippen LogP contribution in [0.25, 0.3) is 0 Å². The molecule has 1 aromatic carbocycles. The normalized spacial score (nSPS) is 16.8. The van der Waals surface area contributed by atoms with Crippen molar-refractivity contribution in [1.29, 1.82) is 0 Å². The number of amides is 2. The molecule has 2 amide bonds. The minimum atomic E-state index is -0.277. The first-order valence-corrected chi connectivity index (χ1v) is 5.98. The van der Waals surface area contributed by atoms with E-state index in [-0.39, 0.29) is 24.9 Å². The van der Waals surface area contributed by atoms with Gasteiger partial charge in [0.2, 0.25) is 11.8 Å². The number of carbonyl (C=O) groups excluding carboxylic acids is 2. The molecule has 0 aliphatic carbocycles. The van der Waals surface area contributed by atoms with Gasteiger partial charge in [-0.15, -0.1) is 0 Å². The van der Waals surface area contributed by atoms with E-state index in [1.54, 1.807) is 4.90 Å². The average molecular weight is 268 g/mol. The highest BCUT2D eigenvalue weighted by atomic mass is 35.5. The molecule has 18 heavy (non-hydrogen) atoms. The van der Waals surface area contributed by atoms with Gasteiger partial charge in [-0.3, -0.25) is 19.8 Å². The maximum absolute atomic E-state index is 11.2. The minimum absolute atomic E-state index is 0.209. The number of hydrogen-bond donors (Lipinski definition) is 2. The van der Waals surface area contributed by atoms with Gasteiger partial charge in [-0.25, -0.2) is 0 Å². The van der Waals surface area contributed by atoms with Gasteiger partial charge in [0.1, 0.15) is 0 Å². The van der Waals surface area contributed by atoms with E-state index < -0.39 is 0 Å². The summed E-state index contributed by atoms with van der Waals surface area (Å²) >= 11 is 6.13. The molecule has 3 N–H and O–H groups in total. The summed E-state index contributed by atoms with van der Waals surface area (Å²) in [4.78, 5) is 24.2. The second-order valence-electron chi connectivity index (χ2n) is 4.25. The maximum Gasteiger partial charge on any atom is 0.240 e. The fourth-order valence-corrected chi connectivity index (χ4v) is 2.16. The molecule has 0 bridgehead atoms. The van der Waals surface area contributed by atoms with Gasteiger partial charge in [-0.1, -0.05) is 23.7 Å². The Labute approximate surface area is 110 Å². The Bertz CT molecular complexity index is 474. The number of nitrogens with one attached hydrogen (secondary N) is 1. The van der Waals surface area contributed by atoms with E-state index in [2.05, 4.69) is 5.32 Å². The van der Waals surface area contributed by atoms with Crippen LogP contribution in [-0.2, 0) is 22.7 Å². The predicted molar refractivity (Wildman–Crippen MR) is 67.8 cm³/mol. The Morgan fingerprint density at radius 1 is 1.28 bits per heavy atom. The highest BCUT2D eigenvalue weighted by molar-refractivity contribution is 6.31. The first-order chi connectivity index (χ1) is 8.58. The van der Waals surface area contributed by atoms with Crippen molar-refractivity contribution in [3.8, 4) is 0 Å². The lowest BCUT2D eigenvalue weighted by Crippen LogP contribution is -2.50. The van der Waals surface area contributed by atoms with Crippen LogP contribution in [-0.4, -0.2) is 29.8 Å². The molecule has 1 aliphatic rings. The SMILES string of the molecule is NCc1ccc(CN2CC(=O)NC(=O)C2)c(Cl)c1. The van der Waals surface area contributed by atoms with E-state index in [0.717, 1.165) is 11.1 Å². The standard InChI is InChI=1S/C12H14ClN3O2/c13-10-3-8(4-14)1-2-9(10)5-16-6-11(17)15-12(18)7-16/h1-3H,4-7,14H2,(H,15,17,18). The average Bonchev–Trinajstić information content (AvgIpc) is 2.30. The quantitative estimate of drug-likeness (QED) is 0.770. The number of nitrogens with zero attached hydrogens (tertiary/aromatic N) is 1. The highest BCUT2D eigenvalue weighted by Gasteiger charge is 2.22. The molecule has 0 spiro atoms. The number of halogens is 1. The smallest absolute Gasteiger partial charge is 0.240 e. The van der Waals surface area contributed by atoms with E-state index in [4.69, 9.17) is 17.3 Å². The van der Waals surface area contributed by atoms with Gasteiger partial charge in [0, 0.05) is 18.1 Å². The van der Waals surface area contributed by atoms with Crippen LogP contribution in [0.3, 0.4) is 0 Å². The lowest BCUT2D eigenvalue weighted by Gasteiger charge is -2.25. The minimum Gasteiger partial charge on any atom is -0.326 e. The molecule has 1 saturated heterocycles. The summed E-state index contributed by atoms with van der Waals surface area (Å²) in [6.07, 6.45) is 0. The number of carbonyl (C=O) groups is 2. The van der Waals surface area contributed by atoms with E-state index in [1.807, 2.05) is 18.2 Å². The van der Waals surface area contributed by atoms with Gasteiger partial charge in [0.05, 0.1) is 13.1 Å². The van der Waals surface area contributed by atoms with Crippen molar-refractivity contribution in [3.05, 3.63) is 34.3 Å². The lowest BCUT2D eigenvalue weighted by molar-refractivity contribution is -0.136. The number of rotatable bonds is 3. The number of imide groups is 1. The van der Waals surface area contributed by atoms with Crippen molar-refractivity contribution in [2.24, 2.45) is 5.73 Å². The number of hydrogen-bond acceptors (Lipinski definition) is 4. The van der Waals surface area contributed by atoms with Crippen molar-refractivity contribution in [1.82, 2.24) is 10.2 Å². The second-order valence-corrected chi connectivity index (χ2v) is 4.65.